The van der Waals surface area contributed by atoms with Crippen LogP contribution in [0.15, 0.2) is 0 Å². The molecule has 0 aromatic carbocycles. The fourth-order valence-corrected chi connectivity index (χ4v) is 2.94. The molecule has 1 rings (SSSR count). The SMILES string of the molecule is CCCCCC(CC1CCC(F)(F)C1)NCCC. The van der Waals surface area contributed by atoms with Gasteiger partial charge in [-0.3, -0.25) is 0 Å². The lowest BCUT2D eigenvalue weighted by atomic mass is 9.94. The minimum absolute atomic E-state index is 0.104. The molecule has 2 atom stereocenters. The predicted octanol–water partition coefficient (Wildman–Crippen LogP) is 4.76. The van der Waals surface area contributed by atoms with Crippen LogP contribution in [-0.4, -0.2) is 18.5 Å². The Kier molecular flexibility index (Phi) is 7.13. The Labute approximate surface area is 111 Å². The highest BCUT2D eigenvalue weighted by molar-refractivity contribution is 4.84. The molecule has 0 saturated heterocycles. The molecule has 1 N–H and O–H groups in total. The van der Waals surface area contributed by atoms with Crippen molar-refractivity contribution in [3.05, 3.63) is 0 Å². The van der Waals surface area contributed by atoms with Gasteiger partial charge in [-0.1, -0.05) is 33.1 Å². The first-order chi connectivity index (χ1) is 8.57. The number of hydrogen-bond acceptors (Lipinski definition) is 1. The maximum atomic E-state index is 13.2. The standard InChI is InChI=1S/C15H29F2N/c1-3-5-6-7-14(18-10-4-2)11-13-8-9-15(16,17)12-13/h13-14,18H,3-12H2,1-2H3. The molecule has 0 spiro atoms. The van der Waals surface area contributed by atoms with Gasteiger partial charge in [-0.15, -0.1) is 0 Å². The van der Waals surface area contributed by atoms with Gasteiger partial charge in [-0.05, 0) is 38.1 Å². The largest absolute Gasteiger partial charge is 0.314 e. The van der Waals surface area contributed by atoms with Crippen LogP contribution in [0.3, 0.4) is 0 Å². The fraction of sp³-hybridized carbons (Fsp3) is 1.00. The third-order valence-corrected chi connectivity index (χ3v) is 3.96. The van der Waals surface area contributed by atoms with Crippen LogP contribution in [-0.2, 0) is 0 Å². The normalized spacial score (nSPS) is 24.3. The monoisotopic (exact) mass is 261 g/mol. The summed E-state index contributed by atoms with van der Waals surface area (Å²) in [5.74, 6) is -2.15. The number of halogens is 2. The van der Waals surface area contributed by atoms with Crippen LogP contribution in [0.25, 0.3) is 0 Å². The third kappa shape index (κ3) is 6.12. The zero-order valence-corrected chi connectivity index (χ0v) is 12.0. The molecular weight excluding hydrogens is 232 g/mol. The lowest BCUT2D eigenvalue weighted by Crippen LogP contribution is -2.31. The molecule has 1 aliphatic rings. The molecule has 0 amide bonds. The van der Waals surface area contributed by atoms with Gasteiger partial charge in [-0.2, -0.15) is 0 Å². The highest BCUT2D eigenvalue weighted by Gasteiger charge is 2.39. The second-order valence-corrected chi connectivity index (χ2v) is 5.85. The van der Waals surface area contributed by atoms with E-state index in [2.05, 4.69) is 19.2 Å². The molecule has 0 aromatic rings. The van der Waals surface area contributed by atoms with Crippen molar-refractivity contribution in [2.75, 3.05) is 6.54 Å². The number of alkyl halides is 2. The zero-order chi connectivity index (χ0) is 13.4. The Morgan fingerprint density at radius 1 is 1.22 bits per heavy atom. The number of hydrogen-bond donors (Lipinski definition) is 1. The molecule has 0 bridgehead atoms. The van der Waals surface area contributed by atoms with E-state index in [1.165, 1.54) is 19.3 Å². The van der Waals surface area contributed by atoms with Crippen molar-refractivity contribution in [2.24, 2.45) is 5.92 Å². The van der Waals surface area contributed by atoms with E-state index in [0.717, 1.165) is 25.8 Å². The van der Waals surface area contributed by atoms with E-state index in [0.29, 0.717) is 12.5 Å². The lowest BCUT2D eigenvalue weighted by Gasteiger charge is -2.22. The first kappa shape index (κ1) is 15.9. The van der Waals surface area contributed by atoms with Gasteiger partial charge in [0.25, 0.3) is 0 Å². The Bertz CT molecular complexity index is 219. The van der Waals surface area contributed by atoms with Crippen LogP contribution in [0.5, 0.6) is 0 Å². The highest BCUT2D eigenvalue weighted by Crippen LogP contribution is 2.41. The average Bonchev–Trinajstić information content (AvgIpc) is 2.65. The molecule has 0 aliphatic heterocycles. The van der Waals surface area contributed by atoms with Crippen molar-refractivity contribution in [3.63, 3.8) is 0 Å². The van der Waals surface area contributed by atoms with Crippen LogP contribution >= 0.6 is 0 Å². The molecule has 2 unspecified atom stereocenters. The molecule has 0 aromatic heterocycles. The van der Waals surface area contributed by atoms with Crippen molar-refractivity contribution >= 4 is 0 Å². The number of unbranched alkanes of at least 4 members (excludes halogenated alkanes) is 2. The molecular formula is C15H29F2N. The van der Waals surface area contributed by atoms with Crippen molar-refractivity contribution in [1.82, 2.24) is 5.32 Å². The van der Waals surface area contributed by atoms with Crippen LogP contribution in [0.4, 0.5) is 8.78 Å². The lowest BCUT2D eigenvalue weighted by molar-refractivity contribution is 0.00428. The topological polar surface area (TPSA) is 12.0 Å². The molecule has 1 fully saturated rings. The summed E-state index contributed by atoms with van der Waals surface area (Å²) in [6.07, 6.45) is 7.84. The van der Waals surface area contributed by atoms with Gasteiger partial charge in [-0.25, -0.2) is 8.78 Å². The molecule has 1 aliphatic carbocycles. The number of nitrogens with one attached hydrogen (secondary N) is 1. The summed E-state index contributed by atoms with van der Waals surface area (Å²) in [6, 6.07) is 0.454. The highest BCUT2D eigenvalue weighted by atomic mass is 19.3. The predicted molar refractivity (Wildman–Crippen MR) is 73.1 cm³/mol. The van der Waals surface area contributed by atoms with Crippen LogP contribution < -0.4 is 5.32 Å². The van der Waals surface area contributed by atoms with Crippen molar-refractivity contribution in [3.8, 4) is 0 Å². The second kappa shape index (κ2) is 8.08. The van der Waals surface area contributed by atoms with Crippen LogP contribution in [0.2, 0.25) is 0 Å². The molecule has 108 valence electrons. The molecule has 18 heavy (non-hydrogen) atoms. The van der Waals surface area contributed by atoms with Gasteiger partial charge in [0.15, 0.2) is 0 Å². The summed E-state index contributed by atoms with van der Waals surface area (Å²) in [5.41, 5.74) is 0. The summed E-state index contributed by atoms with van der Waals surface area (Å²) < 4.78 is 26.4. The van der Waals surface area contributed by atoms with Crippen molar-refractivity contribution in [2.45, 2.75) is 83.6 Å². The summed E-state index contributed by atoms with van der Waals surface area (Å²) in [7, 11) is 0. The number of rotatable bonds is 9. The Balaban J connectivity index is 2.30. The average molecular weight is 261 g/mol. The van der Waals surface area contributed by atoms with E-state index in [1.807, 2.05) is 0 Å². The van der Waals surface area contributed by atoms with E-state index in [-0.39, 0.29) is 18.8 Å². The van der Waals surface area contributed by atoms with Crippen LogP contribution in [0, 0.1) is 5.92 Å². The van der Waals surface area contributed by atoms with Crippen LogP contribution in [0.1, 0.15) is 71.6 Å². The van der Waals surface area contributed by atoms with E-state index >= 15 is 0 Å². The van der Waals surface area contributed by atoms with Crippen molar-refractivity contribution in [1.29, 1.82) is 0 Å². The molecule has 3 heteroatoms. The minimum Gasteiger partial charge on any atom is -0.314 e. The van der Waals surface area contributed by atoms with E-state index in [4.69, 9.17) is 0 Å². The maximum absolute atomic E-state index is 13.2. The van der Waals surface area contributed by atoms with E-state index in [9.17, 15) is 8.78 Å². The van der Waals surface area contributed by atoms with E-state index < -0.39 is 5.92 Å². The van der Waals surface area contributed by atoms with Gasteiger partial charge in [0.05, 0.1) is 0 Å². The molecule has 1 saturated carbocycles. The van der Waals surface area contributed by atoms with Gasteiger partial charge in [0, 0.05) is 18.9 Å². The summed E-state index contributed by atoms with van der Waals surface area (Å²) in [5, 5.41) is 3.54. The molecule has 0 heterocycles. The summed E-state index contributed by atoms with van der Waals surface area (Å²) in [4.78, 5) is 0. The molecule has 0 radical (unpaired) electrons. The Hall–Kier alpha value is -0.180. The van der Waals surface area contributed by atoms with Gasteiger partial charge >= 0.3 is 0 Å². The minimum atomic E-state index is -2.39. The quantitative estimate of drug-likeness (QED) is 0.590. The van der Waals surface area contributed by atoms with Gasteiger partial charge in [0.1, 0.15) is 0 Å². The smallest absolute Gasteiger partial charge is 0.248 e. The summed E-state index contributed by atoms with van der Waals surface area (Å²) in [6.45, 7) is 5.37. The molecule has 1 nitrogen and oxygen atoms in total. The Morgan fingerprint density at radius 2 is 2.00 bits per heavy atom. The van der Waals surface area contributed by atoms with Gasteiger partial charge in [0.2, 0.25) is 5.92 Å². The van der Waals surface area contributed by atoms with Crippen molar-refractivity contribution < 1.29 is 8.78 Å². The fourth-order valence-electron chi connectivity index (χ4n) is 2.94. The summed E-state index contributed by atoms with van der Waals surface area (Å²) >= 11 is 0. The Morgan fingerprint density at radius 3 is 2.56 bits per heavy atom. The second-order valence-electron chi connectivity index (χ2n) is 5.85. The van der Waals surface area contributed by atoms with E-state index in [1.54, 1.807) is 0 Å². The zero-order valence-electron chi connectivity index (χ0n) is 12.0. The third-order valence-electron chi connectivity index (χ3n) is 3.96. The maximum Gasteiger partial charge on any atom is 0.248 e. The van der Waals surface area contributed by atoms with Gasteiger partial charge < -0.3 is 5.32 Å². The first-order valence-electron chi connectivity index (χ1n) is 7.68. The first-order valence-corrected chi connectivity index (χ1v) is 7.68.